The number of benzene rings is 2. The maximum atomic E-state index is 14.5. The summed E-state index contributed by atoms with van der Waals surface area (Å²) in [6.07, 6.45) is 12.8. The molecule has 1 nitrogen and oxygen atoms in total. The van der Waals surface area contributed by atoms with Gasteiger partial charge in [-0.25, -0.2) is 8.78 Å². The highest BCUT2D eigenvalue weighted by atomic mass is 127. The van der Waals surface area contributed by atoms with Crippen LogP contribution >= 0.6 is 22.6 Å². The minimum absolute atomic E-state index is 0.110. The van der Waals surface area contributed by atoms with Crippen LogP contribution in [0, 0.1) is 42.1 Å². The lowest BCUT2D eigenvalue weighted by atomic mass is 9.77. The summed E-state index contributed by atoms with van der Waals surface area (Å²) in [4.78, 5) is 0. The number of aryl methyl sites for hydroxylation is 1. The smallest absolute Gasteiger partial charge is 0.201 e. The average molecular weight is 544 g/mol. The van der Waals surface area contributed by atoms with E-state index in [9.17, 15) is 13.2 Å². The third-order valence-corrected chi connectivity index (χ3v) is 8.73. The molecule has 2 aromatic rings. The van der Waals surface area contributed by atoms with Crippen LogP contribution in [0.2, 0.25) is 0 Å². The normalized spacial score (nSPS) is 26.9. The summed E-state index contributed by atoms with van der Waals surface area (Å²) in [7, 11) is 0. The Morgan fingerprint density at radius 1 is 0.806 bits per heavy atom. The molecule has 4 rings (SSSR count). The van der Waals surface area contributed by atoms with E-state index in [4.69, 9.17) is 4.74 Å². The molecule has 170 valence electrons. The molecular weight excluding hydrogens is 512 g/mol. The molecule has 2 aromatic carbocycles. The topological polar surface area (TPSA) is 9.23 Å². The Morgan fingerprint density at radius 3 is 2.03 bits per heavy atom. The molecule has 0 unspecified atom stereocenters. The first-order valence-electron chi connectivity index (χ1n) is 11.8. The van der Waals surface area contributed by atoms with Crippen LogP contribution in [0.4, 0.5) is 13.2 Å². The molecule has 2 aliphatic rings. The zero-order valence-corrected chi connectivity index (χ0v) is 20.4. The van der Waals surface area contributed by atoms with Crippen molar-refractivity contribution in [2.24, 2.45) is 17.8 Å². The van der Waals surface area contributed by atoms with E-state index in [1.54, 1.807) is 19.1 Å². The number of alkyl halides is 1. The lowest BCUT2D eigenvalue weighted by Gasteiger charge is -2.31. The molecule has 0 amide bonds. The van der Waals surface area contributed by atoms with Crippen molar-refractivity contribution >= 4 is 33.4 Å². The first kappa shape index (κ1) is 23.2. The van der Waals surface area contributed by atoms with Gasteiger partial charge in [-0.1, -0.05) is 60.4 Å². The van der Waals surface area contributed by atoms with Gasteiger partial charge in [0.15, 0.2) is 11.6 Å². The Hall–Kier alpha value is -0.980. The Morgan fingerprint density at radius 2 is 1.39 bits per heavy atom. The van der Waals surface area contributed by atoms with E-state index in [0.717, 1.165) is 28.6 Å². The molecule has 0 heterocycles. The minimum atomic E-state index is -1.16. The molecule has 5 heteroatoms. The SMILES string of the molecule is Cc1ccc2cc(OCC3CCC(CCC4CCC(I)CC4)CC3)c(F)c(F)c2c1F. The van der Waals surface area contributed by atoms with Gasteiger partial charge in [-0.05, 0) is 80.2 Å². The molecule has 0 bridgehead atoms. The van der Waals surface area contributed by atoms with Crippen molar-refractivity contribution in [3.8, 4) is 5.75 Å². The van der Waals surface area contributed by atoms with E-state index in [0.29, 0.717) is 23.5 Å². The standard InChI is InChI=1S/C26H32F3IO/c1-16-2-11-20-14-22(25(28)26(29)23(20)24(16)27)31-15-19-7-5-17(6-8-19)3-4-18-9-12-21(30)13-10-18/h2,11,14,17-19,21H,3-10,12-13,15H2,1H3. The van der Waals surface area contributed by atoms with Gasteiger partial charge in [0.2, 0.25) is 5.82 Å². The predicted molar refractivity (Wildman–Crippen MR) is 129 cm³/mol. The molecule has 2 aliphatic carbocycles. The van der Waals surface area contributed by atoms with Gasteiger partial charge in [0.05, 0.1) is 12.0 Å². The lowest BCUT2D eigenvalue weighted by Crippen LogP contribution is -2.21. The predicted octanol–water partition coefficient (Wildman–Crippen LogP) is 8.52. The molecule has 0 radical (unpaired) electrons. The number of halogens is 4. The third kappa shape index (κ3) is 5.51. The van der Waals surface area contributed by atoms with Crippen LogP contribution in [0.15, 0.2) is 18.2 Å². The summed E-state index contributed by atoms with van der Waals surface area (Å²) in [5.41, 5.74) is 0.300. The fraction of sp³-hybridized carbons (Fsp3) is 0.615. The van der Waals surface area contributed by atoms with Crippen LogP contribution in [0.3, 0.4) is 0 Å². The van der Waals surface area contributed by atoms with Crippen LogP contribution in [0.1, 0.15) is 69.8 Å². The van der Waals surface area contributed by atoms with Crippen LogP contribution < -0.4 is 4.74 Å². The summed E-state index contributed by atoms with van der Waals surface area (Å²) in [5, 5.41) is 0.0367. The molecule has 0 aliphatic heterocycles. The zero-order valence-electron chi connectivity index (χ0n) is 18.2. The third-order valence-electron chi connectivity index (χ3n) is 7.48. The monoisotopic (exact) mass is 544 g/mol. The zero-order chi connectivity index (χ0) is 22.0. The second-order valence-corrected chi connectivity index (χ2v) is 11.5. The van der Waals surface area contributed by atoms with Crippen LogP contribution in [0.25, 0.3) is 10.8 Å². The van der Waals surface area contributed by atoms with Gasteiger partial charge in [-0.3, -0.25) is 0 Å². The van der Waals surface area contributed by atoms with Gasteiger partial charge < -0.3 is 4.74 Å². The number of hydrogen-bond acceptors (Lipinski definition) is 1. The van der Waals surface area contributed by atoms with E-state index in [-0.39, 0.29) is 11.1 Å². The second-order valence-electron chi connectivity index (χ2n) is 9.69. The largest absolute Gasteiger partial charge is 0.490 e. The summed E-state index contributed by atoms with van der Waals surface area (Å²) >= 11 is 2.59. The van der Waals surface area contributed by atoms with Crippen molar-refractivity contribution in [1.82, 2.24) is 0 Å². The van der Waals surface area contributed by atoms with Crippen molar-refractivity contribution in [2.75, 3.05) is 6.61 Å². The van der Waals surface area contributed by atoms with Crippen molar-refractivity contribution in [2.45, 2.75) is 75.1 Å². The molecule has 2 saturated carbocycles. The molecular formula is C26H32F3IO. The molecule has 31 heavy (non-hydrogen) atoms. The van der Waals surface area contributed by atoms with Gasteiger partial charge in [0.1, 0.15) is 5.82 Å². The van der Waals surface area contributed by atoms with Crippen molar-refractivity contribution in [3.05, 3.63) is 41.2 Å². The summed E-state index contributed by atoms with van der Waals surface area (Å²) in [6.45, 7) is 1.94. The summed E-state index contributed by atoms with van der Waals surface area (Å²) < 4.78 is 49.8. The molecule has 0 atom stereocenters. The maximum absolute atomic E-state index is 14.5. The second kappa shape index (κ2) is 10.3. The summed E-state index contributed by atoms with van der Waals surface area (Å²) in [5.74, 6) is -0.969. The molecule has 0 spiro atoms. The lowest BCUT2D eigenvalue weighted by molar-refractivity contribution is 0.168. The van der Waals surface area contributed by atoms with Gasteiger partial charge in [-0.2, -0.15) is 4.39 Å². The highest BCUT2D eigenvalue weighted by molar-refractivity contribution is 14.1. The Labute approximate surface area is 197 Å². The van der Waals surface area contributed by atoms with Gasteiger partial charge in [0.25, 0.3) is 0 Å². The van der Waals surface area contributed by atoms with Gasteiger partial charge >= 0.3 is 0 Å². The fourth-order valence-electron chi connectivity index (χ4n) is 5.34. The Bertz CT molecular complexity index is 899. The Kier molecular flexibility index (Phi) is 7.71. The molecule has 0 saturated heterocycles. The summed E-state index contributed by atoms with van der Waals surface area (Å²) in [6, 6.07) is 4.61. The van der Waals surface area contributed by atoms with Gasteiger partial charge in [0, 0.05) is 3.92 Å². The number of ether oxygens (including phenoxy) is 1. The van der Waals surface area contributed by atoms with E-state index in [1.807, 2.05) is 0 Å². The molecule has 0 aromatic heterocycles. The average Bonchev–Trinajstić information content (AvgIpc) is 2.78. The minimum Gasteiger partial charge on any atom is -0.490 e. The van der Waals surface area contributed by atoms with Crippen molar-refractivity contribution in [3.63, 3.8) is 0 Å². The maximum Gasteiger partial charge on any atom is 0.201 e. The van der Waals surface area contributed by atoms with E-state index in [2.05, 4.69) is 22.6 Å². The fourth-order valence-corrected chi connectivity index (χ4v) is 6.06. The first-order valence-corrected chi connectivity index (χ1v) is 13.0. The van der Waals surface area contributed by atoms with Crippen molar-refractivity contribution < 1.29 is 17.9 Å². The van der Waals surface area contributed by atoms with Crippen molar-refractivity contribution in [1.29, 1.82) is 0 Å². The van der Waals surface area contributed by atoms with E-state index >= 15 is 0 Å². The molecule has 2 fully saturated rings. The quantitative estimate of drug-likeness (QED) is 0.262. The number of rotatable bonds is 6. The number of hydrogen-bond donors (Lipinski definition) is 0. The number of fused-ring (bicyclic) bond motifs is 1. The highest BCUT2D eigenvalue weighted by Crippen LogP contribution is 2.37. The molecule has 0 N–H and O–H groups in total. The van der Waals surface area contributed by atoms with E-state index in [1.165, 1.54) is 57.4 Å². The van der Waals surface area contributed by atoms with E-state index < -0.39 is 17.5 Å². The van der Waals surface area contributed by atoms with Gasteiger partial charge in [-0.15, -0.1) is 0 Å². The Balaban J connectivity index is 1.27. The van der Waals surface area contributed by atoms with Crippen LogP contribution in [-0.2, 0) is 0 Å². The van der Waals surface area contributed by atoms with Crippen LogP contribution in [0.5, 0.6) is 5.75 Å². The van der Waals surface area contributed by atoms with Crippen LogP contribution in [-0.4, -0.2) is 10.5 Å². The highest BCUT2D eigenvalue weighted by Gasteiger charge is 2.25. The first-order chi connectivity index (χ1) is 14.9.